The summed E-state index contributed by atoms with van der Waals surface area (Å²) in [5.41, 5.74) is 1.30. The third kappa shape index (κ3) is 11.5. The van der Waals surface area contributed by atoms with Crippen molar-refractivity contribution in [2.45, 2.75) is 19.8 Å². The van der Waals surface area contributed by atoms with E-state index in [1.54, 1.807) is 79.7 Å². The predicted octanol–water partition coefficient (Wildman–Crippen LogP) is 5.83. The molecule has 0 N–H and O–H groups in total. The molecule has 0 aliphatic rings. The maximum Gasteiger partial charge on any atom is 0.343 e. The van der Waals surface area contributed by atoms with Crippen molar-refractivity contribution in [3.8, 4) is 23.0 Å². The molecule has 3 aromatic carbocycles. The van der Waals surface area contributed by atoms with Gasteiger partial charge in [0.15, 0.2) is 0 Å². The van der Waals surface area contributed by atoms with Crippen LogP contribution in [0.25, 0.3) is 0 Å². The Labute approximate surface area is 250 Å². The maximum absolute atomic E-state index is 12.7. The van der Waals surface area contributed by atoms with Crippen LogP contribution in [0.5, 0.6) is 23.0 Å². The summed E-state index contributed by atoms with van der Waals surface area (Å²) in [5, 5.41) is 0. The Morgan fingerprint density at radius 3 is 1.79 bits per heavy atom. The molecule has 10 nitrogen and oxygen atoms in total. The third-order valence-corrected chi connectivity index (χ3v) is 5.62. The minimum Gasteiger partial charge on any atom is -0.494 e. The molecule has 0 bridgehead atoms. The molecule has 0 atom stereocenters. The Hall–Kier alpha value is -4.93. The number of hydrogen-bond acceptors (Lipinski definition) is 10. The van der Waals surface area contributed by atoms with Crippen LogP contribution in [0, 0.1) is 6.92 Å². The van der Waals surface area contributed by atoms with Gasteiger partial charge in [-0.25, -0.2) is 24.2 Å². The van der Waals surface area contributed by atoms with Crippen molar-refractivity contribution in [3.05, 3.63) is 109 Å². The predicted molar refractivity (Wildman–Crippen MR) is 157 cm³/mol. The number of esters is 3. The second-order valence-electron chi connectivity index (χ2n) is 8.93. The average molecular weight is 591 g/mol. The Kier molecular flexibility index (Phi) is 13.5. The number of hydrogen-bond donors (Lipinski definition) is 0. The van der Waals surface area contributed by atoms with E-state index in [0.29, 0.717) is 79.0 Å². The molecule has 0 aromatic heterocycles. The first-order valence-electron chi connectivity index (χ1n) is 13.5. The van der Waals surface area contributed by atoms with Crippen molar-refractivity contribution in [1.82, 2.24) is 0 Å². The van der Waals surface area contributed by atoms with E-state index in [-0.39, 0.29) is 6.61 Å². The van der Waals surface area contributed by atoms with Crippen molar-refractivity contribution in [3.63, 3.8) is 0 Å². The van der Waals surface area contributed by atoms with Crippen molar-refractivity contribution in [1.29, 1.82) is 0 Å². The fourth-order valence-electron chi connectivity index (χ4n) is 3.44. The molecule has 0 radical (unpaired) electrons. The van der Waals surface area contributed by atoms with Crippen LogP contribution >= 0.6 is 0 Å². The summed E-state index contributed by atoms with van der Waals surface area (Å²) >= 11 is 0. The zero-order valence-electron chi connectivity index (χ0n) is 24.0. The van der Waals surface area contributed by atoms with Crippen molar-refractivity contribution in [2.75, 3.05) is 33.0 Å². The number of rotatable bonds is 18. The largest absolute Gasteiger partial charge is 0.494 e. The van der Waals surface area contributed by atoms with Gasteiger partial charge in [0.1, 0.15) is 29.6 Å². The van der Waals surface area contributed by atoms with Crippen LogP contribution in [0.1, 0.15) is 39.1 Å². The van der Waals surface area contributed by atoms with Gasteiger partial charge in [-0.05, 0) is 79.2 Å². The normalized spacial score (nSPS) is 10.3. The van der Waals surface area contributed by atoms with Gasteiger partial charge in [0, 0.05) is 18.9 Å². The van der Waals surface area contributed by atoms with E-state index in [1.165, 1.54) is 0 Å². The summed E-state index contributed by atoms with van der Waals surface area (Å²) in [6.45, 7) is 10.3. The van der Waals surface area contributed by atoms with Gasteiger partial charge in [0.2, 0.25) is 0 Å². The second-order valence-corrected chi connectivity index (χ2v) is 8.93. The first-order chi connectivity index (χ1) is 20.9. The van der Waals surface area contributed by atoms with Crippen LogP contribution in [0.15, 0.2) is 92.0 Å². The van der Waals surface area contributed by atoms with Crippen molar-refractivity contribution < 1.29 is 47.8 Å². The summed E-state index contributed by atoms with van der Waals surface area (Å²) < 4.78 is 27.1. The van der Waals surface area contributed by atoms with Gasteiger partial charge in [-0.3, -0.25) is 0 Å². The molecule has 43 heavy (non-hydrogen) atoms. The molecule has 0 spiro atoms. The quantitative estimate of drug-likeness (QED) is 0.0341. The molecule has 3 aromatic rings. The molecule has 0 saturated heterocycles. The molecular formula is C33H34O10. The molecule has 0 aliphatic heterocycles. The van der Waals surface area contributed by atoms with Gasteiger partial charge in [-0.2, -0.15) is 0 Å². The molecule has 3 rings (SSSR count). The molecule has 10 heteroatoms. The zero-order chi connectivity index (χ0) is 30.9. The molecule has 226 valence electrons. The van der Waals surface area contributed by atoms with E-state index in [9.17, 15) is 14.4 Å². The highest BCUT2D eigenvalue weighted by Gasteiger charge is 2.14. The lowest BCUT2D eigenvalue weighted by atomic mass is 10.2. The highest BCUT2D eigenvalue weighted by Crippen LogP contribution is 2.26. The number of carbonyl (C=O) groups excluding carboxylic acids is 3. The van der Waals surface area contributed by atoms with Gasteiger partial charge >= 0.3 is 17.9 Å². The Morgan fingerprint density at radius 2 is 1.23 bits per heavy atom. The van der Waals surface area contributed by atoms with Crippen LogP contribution in [-0.4, -0.2) is 50.9 Å². The Bertz CT molecular complexity index is 1360. The minimum absolute atomic E-state index is 0.223. The van der Waals surface area contributed by atoms with E-state index < -0.39 is 17.9 Å². The first kappa shape index (κ1) is 32.6. The lowest BCUT2D eigenvalue weighted by molar-refractivity contribution is -0.287. The molecule has 0 amide bonds. The topological polar surface area (TPSA) is 116 Å². The van der Waals surface area contributed by atoms with Crippen LogP contribution in [-0.2, 0) is 19.3 Å². The van der Waals surface area contributed by atoms with E-state index in [1.807, 2.05) is 0 Å². The standard InChI is InChI=1S/C33H34O10/c1-4-18-40-41-22-7-20-38-28-14-10-26(11-15-28)33(36)43-30-17-16-29(23-24(30)3)42-32(35)25-8-12-27(13-9-25)37-19-6-21-39-31(34)5-2/h4-5,8-17,23H,1-2,6-7,18-22H2,3H3. The number of carbonyl (C=O) groups is 3. The van der Waals surface area contributed by atoms with Crippen LogP contribution in [0.3, 0.4) is 0 Å². The van der Waals surface area contributed by atoms with Crippen LogP contribution in [0.4, 0.5) is 0 Å². The lowest BCUT2D eigenvalue weighted by Crippen LogP contribution is -2.11. The molecule has 0 aliphatic carbocycles. The number of benzene rings is 3. The third-order valence-electron chi connectivity index (χ3n) is 5.62. The summed E-state index contributed by atoms with van der Waals surface area (Å²) in [7, 11) is 0. The molecule has 0 saturated carbocycles. The zero-order valence-corrected chi connectivity index (χ0v) is 24.0. The molecular weight excluding hydrogens is 556 g/mol. The van der Waals surface area contributed by atoms with Crippen LogP contribution < -0.4 is 18.9 Å². The summed E-state index contributed by atoms with van der Waals surface area (Å²) in [5.74, 6) is 0.242. The summed E-state index contributed by atoms with van der Waals surface area (Å²) in [6, 6.07) is 17.8. The van der Waals surface area contributed by atoms with Gasteiger partial charge in [-0.15, -0.1) is 6.58 Å². The van der Waals surface area contributed by atoms with Crippen molar-refractivity contribution >= 4 is 17.9 Å². The van der Waals surface area contributed by atoms with E-state index in [2.05, 4.69) is 13.2 Å². The molecule has 0 heterocycles. The summed E-state index contributed by atoms with van der Waals surface area (Å²) in [4.78, 5) is 46.1. The maximum atomic E-state index is 12.7. The van der Waals surface area contributed by atoms with Crippen LogP contribution in [0.2, 0.25) is 0 Å². The van der Waals surface area contributed by atoms with E-state index >= 15 is 0 Å². The fourth-order valence-corrected chi connectivity index (χ4v) is 3.44. The SMILES string of the molecule is C=CCOOCCCOc1ccc(C(=O)Oc2ccc(OC(=O)c3ccc(OCCCOC(=O)C=C)cc3)cc2C)cc1. The van der Waals surface area contributed by atoms with Gasteiger partial charge < -0.3 is 23.7 Å². The Morgan fingerprint density at radius 1 is 0.674 bits per heavy atom. The molecule has 0 unspecified atom stereocenters. The number of ether oxygens (including phenoxy) is 5. The minimum atomic E-state index is -0.553. The first-order valence-corrected chi connectivity index (χ1v) is 13.5. The lowest BCUT2D eigenvalue weighted by Gasteiger charge is -2.11. The Balaban J connectivity index is 1.43. The fraction of sp³-hybridized carbons (Fsp3) is 0.242. The van der Waals surface area contributed by atoms with E-state index in [4.69, 9.17) is 33.5 Å². The van der Waals surface area contributed by atoms with Gasteiger partial charge in [0.25, 0.3) is 0 Å². The second kappa shape index (κ2) is 17.8. The van der Waals surface area contributed by atoms with Gasteiger partial charge in [-0.1, -0.05) is 12.7 Å². The van der Waals surface area contributed by atoms with E-state index in [0.717, 1.165) is 6.08 Å². The monoisotopic (exact) mass is 590 g/mol. The van der Waals surface area contributed by atoms with Crippen molar-refractivity contribution in [2.24, 2.45) is 0 Å². The highest BCUT2D eigenvalue weighted by atomic mass is 17.2. The smallest absolute Gasteiger partial charge is 0.343 e. The summed E-state index contributed by atoms with van der Waals surface area (Å²) in [6.07, 6.45) is 3.84. The molecule has 0 fully saturated rings. The highest BCUT2D eigenvalue weighted by molar-refractivity contribution is 5.92. The average Bonchev–Trinajstić information content (AvgIpc) is 3.02. The van der Waals surface area contributed by atoms with Gasteiger partial charge in [0.05, 0.1) is 37.6 Å². The number of aryl methyl sites for hydroxylation is 1.